The van der Waals surface area contributed by atoms with Crippen LogP contribution in [0.4, 0.5) is 0 Å². The lowest BCUT2D eigenvalue weighted by Crippen LogP contribution is -2.57. The molecule has 7 heteroatoms. The first-order chi connectivity index (χ1) is 5.66. The van der Waals surface area contributed by atoms with Gasteiger partial charge in [-0.15, -0.1) is 12.6 Å². The molecule has 0 amide bonds. The molecule has 3 atom stereocenters. The van der Waals surface area contributed by atoms with Crippen molar-refractivity contribution in [2.24, 2.45) is 5.73 Å². The van der Waals surface area contributed by atoms with Crippen LogP contribution in [0.2, 0.25) is 0 Å². The van der Waals surface area contributed by atoms with Gasteiger partial charge in [-0.1, -0.05) is 0 Å². The predicted octanol–water partition coefficient (Wildman–Crippen LogP) is -2.68. The molecule has 2 aliphatic heterocycles. The standard InChI is InChI=1S/C5H11N5OS/c6-2-1-3(9-4(11)8-2)10-5(12)7-1/h2,4-5,7-12H,6H2. The molecule has 68 valence electrons. The van der Waals surface area contributed by atoms with Gasteiger partial charge in [-0.3, -0.25) is 5.32 Å². The van der Waals surface area contributed by atoms with Gasteiger partial charge in [0.15, 0.2) is 6.35 Å². The van der Waals surface area contributed by atoms with E-state index in [-0.39, 0.29) is 11.7 Å². The molecule has 7 N–H and O–H groups in total. The van der Waals surface area contributed by atoms with Crippen molar-refractivity contribution in [2.75, 3.05) is 0 Å². The fraction of sp³-hybridized carbons (Fsp3) is 0.600. The topological polar surface area (TPSA) is 94.4 Å². The molecule has 0 aromatic carbocycles. The first kappa shape index (κ1) is 7.99. The van der Waals surface area contributed by atoms with E-state index in [0.29, 0.717) is 5.82 Å². The highest BCUT2D eigenvalue weighted by molar-refractivity contribution is 7.80. The molecule has 2 rings (SSSR count). The van der Waals surface area contributed by atoms with Crippen LogP contribution in [0.5, 0.6) is 0 Å². The maximum Gasteiger partial charge on any atom is 0.184 e. The highest BCUT2D eigenvalue weighted by Gasteiger charge is 2.30. The second kappa shape index (κ2) is 2.70. The summed E-state index contributed by atoms with van der Waals surface area (Å²) in [6, 6.07) is 0. The number of thiol groups is 1. The molecule has 0 spiro atoms. The van der Waals surface area contributed by atoms with Gasteiger partial charge in [0.1, 0.15) is 17.5 Å². The zero-order chi connectivity index (χ0) is 8.72. The summed E-state index contributed by atoms with van der Waals surface area (Å²) in [6.45, 7) is 0. The second-order valence-electron chi connectivity index (χ2n) is 2.67. The molecule has 0 aliphatic carbocycles. The van der Waals surface area contributed by atoms with Crippen LogP contribution >= 0.6 is 12.6 Å². The first-order valence-corrected chi connectivity index (χ1v) is 4.10. The van der Waals surface area contributed by atoms with Crippen molar-refractivity contribution >= 4 is 12.6 Å². The molecule has 0 saturated heterocycles. The molecule has 0 aromatic rings. The minimum Gasteiger partial charge on any atom is -0.361 e. The summed E-state index contributed by atoms with van der Waals surface area (Å²) in [5.74, 6) is 0.703. The van der Waals surface area contributed by atoms with Crippen LogP contribution in [0.25, 0.3) is 0 Å². The van der Waals surface area contributed by atoms with Crippen LogP contribution in [0.15, 0.2) is 11.5 Å². The Hall–Kier alpha value is -0.630. The molecular formula is C5H11N5OS. The Morgan fingerprint density at radius 2 is 2.08 bits per heavy atom. The third kappa shape index (κ3) is 1.20. The summed E-state index contributed by atoms with van der Waals surface area (Å²) >= 11 is 4.15. The number of hydrogen-bond donors (Lipinski definition) is 7. The normalized spacial score (nSPS) is 39.8. The van der Waals surface area contributed by atoms with Gasteiger partial charge in [0, 0.05) is 0 Å². The molecular weight excluding hydrogens is 178 g/mol. The van der Waals surface area contributed by atoms with Gasteiger partial charge in [0.05, 0.1) is 5.70 Å². The SMILES string of the molecule is NC1NC(O)NC2=C1NC(S)N2. The van der Waals surface area contributed by atoms with E-state index in [1.54, 1.807) is 0 Å². The largest absolute Gasteiger partial charge is 0.361 e. The maximum absolute atomic E-state index is 9.18. The lowest BCUT2D eigenvalue weighted by atomic mass is 10.3. The molecule has 0 saturated carbocycles. The average molecular weight is 189 g/mol. The molecule has 0 fully saturated rings. The Kier molecular flexibility index (Phi) is 1.80. The predicted molar refractivity (Wildman–Crippen MR) is 46.3 cm³/mol. The zero-order valence-electron chi connectivity index (χ0n) is 6.20. The summed E-state index contributed by atoms with van der Waals surface area (Å²) in [4.78, 5) is 0. The highest BCUT2D eigenvalue weighted by atomic mass is 32.1. The number of nitrogens with two attached hydrogens (primary N) is 1. The van der Waals surface area contributed by atoms with E-state index in [2.05, 4.69) is 33.9 Å². The summed E-state index contributed by atoms with van der Waals surface area (Å²) in [5, 5.41) is 20.6. The van der Waals surface area contributed by atoms with E-state index in [1.165, 1.54) is 0 Å². The van der Waals surface area contributed by atoms with Gasteiger partial charge in [0.2, 0.25) is 0 Å². The van der Waals surface area contributed by atoms with E-state index in [0.717, 1.165) is 5.70 Å². The molecule has 0 aromatic heterocycles. The molecule has 0 bridgehead atoms. The fourth-order valence-corrected chi connectivity index (χ4v) is 1.53. The van der Waals surface area contributed by atoms with Gasteiger partial charge in [-0.05, 0) is 0 Å². The van der Waals surface area contributed by atoms with E-state index in [4.69, 9.17) is 5.73 Å². The van der Waals surface area contributed by atoms with Crippen LogP contribution in [0, 0.1) is 0 Å². The number of hydrogen-bond acceptors (Lipinski definition) is 7. The van der Waals surface area contributed by atoms with Crippen molar-refractivity contribution in [3.8, 4) is 0 Å². The Labute approximate surface area is 75.0 Å². The Morgan fingerprint density at radius 1 is 1.33 bits per heavy atom. The van der Waals surface area contributed by atoms with Gasteiger partial charge in [0.25, 0.3) is 0 Å². The molecule has 2 heterocycles. The third-order valence-electron chi connectivity index (χ3n) is 1.77. The summed E-state index contributed by atoms with van der Waals surface area (Å²) < 4.78 is 0. The number of aliphatic hydroxyl groups excluding tert-OH is 1. The minimum atomic E-state index is -0.813. The number of nitrogens with one attached hydrogen (secondary N) is 4. The van der Waals surface area contributed by atoms with Gasteiger partial charge >= 0.3 is 0 Å². The van der Waals surface area contributed by atoms with Crippen molar-refractivity contribution in [1.29, 1.82) is 0 Å². The number of aliphatic hydroxyl groups is 1. The smallest absolute Gasteiger partial charge is 0.184 e. The van der Waals surface area contributed by atoms with Gasteiger partial charge in [-0.2, -0.15) is 0 Å². The summed E-state index contributed by atoms with van der Waals surface area (Å²) in [5.41, 5.74) is 6.31. The van der Waals surface area contributed by atoms with E-state index < -0.39 is 6.35 Å². The van der Waals surface area contributed by atoms with E-state index in [9.17, 15) is 5.11 Å². The molecule has 3 unspecified atom stereocenters. The molecule has 12 heavy (non-hydrogen) atoms. The van der Waals surface area contributed by atoms with Crippen LogP contribution in [-0.2, 0) is 0 Å². The van der Waals surface area contributed by atoms with Gasteiger partial charge in [-0.25, -0.2) is 0 Å². The van der Waals surface area contributed by atoms with E-state index >= 15 is 0 Å². The number of rotatable bonds is 0. The van der Waals surface area contributed by atoms with Crippen molar-refractivity contribution < 1.29 is 5.11 Å². The van der Waals surface area contributed by atoms with Crippen LogP contribution < -0.4 is 27.0 Å². The first-order valence-electron chi connectivity index (χ1n) is 3.58. The van der Waals surface area contributed by atoms with Crippen LogP contribution in [0.1, 0.15) is 0 Å². The third-order valence-corrected chi connectivity index (χ3v) is 2.03. The molecule has 2 aliphatic rings. The van der Waals surface area contributed by atoms with Crippen LogP contribution in [-0.4, -0.2) is 23.1 Å². The quantitative estimate of drug-likeness (QED) is 0.210. The van der Waals surface area contributed by atoms with Crippen molar-refractivity contribution in [3.05, 3.63) is 11.5 Å². The molecule has 6 nitrogen and oxygen atoms in total. The van der Waals surface area contributed by atoms with Crippen LogP contribution in [0.3, 0.4) is 0 Å². The average Bonchev–Trinajstić information content (AvgIpc) is 2.29. The minimum absolute atomic E-state index is 0.152. The van der Waals surface area contributed by atoms with Gasteiger partial charge < -0.3 is 26.8 Å². The second-order valence-corrected chi connectivity index (χ2v) is 3.19. The Morgan fingerprint density at radius 3 is 2.83 bits per heavy atom. The lowest BCUT2D eigenvalue weighted by molar-refractivity contribution is 0.0928. The molecule has 0 radical (unpaired) electrons. The highest BCUT2D eigenvalue weighted by Crippen LogP contribution is 2.12. The maximum atomic E-state index is 9.18. The van der Waals surface area contributed by atoms with Crippen molar-refractivity contribution in [2.45, 2.75) is 18.0 Å². The van der Waals surface area contributed by atoms with Crippen molar-refractivity contribution in [3.63, 3.8) is 0 Å². The Balaban J connectivity index is 2.19. The monoisotopic (exact) mass is 189 g/mol. The summed E-state index contributed by atoms with van der Waals surface area (Å²) in [6.07, 6.45) is -1.20. The zero-order valence-corrected chi connectivity index (χ0v) is 7.10. The van der Waals surface area contributed by atoms with E-state index in [1.807, 2.05) is 0 Å². The lowest BCUT2D eigenvalue weighted by Gasteiger charge is -2.27. The fourth-order valence-electron chi connectivity index (χ4n) is 1.27. The van der Waals surface area contributed by atoms with Crippen molar-refractivity contribution in [1.82, 2.24) is 21.3 Å². The Bertz CT molecular complexity index is 232. The summed E-state index contributed by atoms with van der Waals surface area (Å²) in [7, 11) is 0.